The largest absolute Gasteiger partial charge is 0.489 e. The molecule has 0 fully saturated rings. The minimum Gasteiger partial charge on any atom is -0.489 e. The summed E-state index contributed by atoms with van der Waals surface area (Å²) in [5, 5.41) is 0. The van der Waals surface area contributed by atoms with E-state index in [4.69, 9.17) is 4.74 Å². The number of ketones is 1. The Morgan fingerprint density at radius 1 is 1.54 bits per heavy atom. The number of fused-ring (bicyclic) bond motifs is 1. The number of Topliss-reactive ketones (excluding diaryl/α,β-unsaturated/α-hetero) is 1. The van der Waals surface area contributed by atoms with E-state index in [1.165, 1.54) is 0 Å². The van der Waals surface area contributed by atoms with Gasteiger partial charge in [-0.2, -0.15) is 0 Å². The Balaban J connectivity index is 2.49. The van der Waals surface area contributed by atoms with Gasteiger partial charge in [-0.05, 0) is 25.1 Å². The summed E-state index contributed by atoms with van der Waals surface area (Å²) in [6.45, 7) is 1.90. The molecular formula is C10H9BrO2. The Bertz CT molecular complexity index is 360. The molecule has 0 saturated heterocycles. The van der Waals surface area contributed by atoms with E-state index in [0.29, 0.717) is 17.7 Å². The molecule has 2 nitrogen and oxygen atoms in total. The van der Waals surface area contributed by atoms with Gasteiger partial charge in [-0.1, -0.05) is 15.9 Å². The molecule has 0 aliphatic carbocycles. The average molecular weight is 241 g/mol. The first-order valence-corrected chi connectivity index (χ1v) is 4.95. The second-order valence-electron chi connectivity index (χ2n) is 3.20. The van der Waals surface area contributed by atoms with Crippen LogP contribution in [-0.4, -0.2) is 11.9 Å². The third-order valence-electron chi connectivity index (χ3n) is 2.05. The molecule has 1 aromatic rings. The van der Waals surface area contributed by atoms with Crippen LogP contribution < -0.4 is 4.74 Å². The summed E-state index contributed by atoms with van der Waals surface area (Å²) in [6.07, 6.45) is 0.476. The molecule has 1 aliphatic heterocycles. The van der Waals surface area contributed by atoms with Crippen LogP contribution in [0.2, 0.25) is 0 Å². The summed E-state index contributed by atoms with van der Waals surface area (Å²) in [6, 6.07) is 5.49. The monoisotopic (exact) mass is 240 g/mol. The molecule has 0 radical (unpaired) electrons. The molecule has 0 saturated carbocycles. The van der Waals surface area contributed by atoms with Gasteiger partial charge in [0.1, 0.15) is 11.9 Å². The molecule has 68 valence electrons. The highest BCUT2D eigenvalue weighted by molar-refractivity contribution is 9.10. The zero-order valence-corrected chi connectivity index (χ0v) is 8.80. The van der Waals surface area contributed by atoms with E-state index in [-0.39, 0.29) is 11.9 Å². The summed E-state index contributed by atoms with van der Waals surface area (Å²) in [5.41, 5.74) is 0.696. The maximum Gasteiger partial charge on any atom is 0.170 e. The van der Waals surface area contributed by atoms with Crippen LogP contribution >= 0.6 is 15.9 Å². The molecule has 2 rings (SSSR count). The molecule has 0 aromatic heterocycles. The fraction of sp³-hybridized carbons (Fsp3) is 0.300. The van der Waals surface area contributed by atoms with Gasteiger partial charge in [0.2, 0.25) is 0 Å². The SMILES string of the molecule is CC1CC(=O)c2ccc(Br)cc2O1. The predicted molar refractivity (Wildman–Crippen MR) is 53.2 cm³/mol. The van der Waals surface area contributed by atoms with Crippen molar-refractivity contribution in [1.29, 1.82) is 0 Å². The number of halogens is 1. The van der Waals surface area contributed by atoms with E-state index >= 15 is 0 Å². The first-order valence-electron chi connectivity index (χ1n) is 4.16. The van der Waals surface area contributed by atoms with Crippen molar-refractivity contribution in [2.24, 2.45) is 0 Å². The Kier molecular flexibility index (Phi) is 2.12. The Labute approximate surface area is 85.0 Å². The molecule has 1 atom stereocenters. The zero-order valence-electron chi connectivity index (χ0n) is 7.21. The van der Waals surface area contributed by atoms with Gasteiger partial charge in [-0.15, -0.1) is 0 Å². The summed E-state index contributed by atoms with van der Waals surface area (Å²) in [4.78, 5) is 11.5. The van der Waals surface area contributed by atoms with E-state index in [2.05, 4.69) is 15.9 Å². The molecule has 0 amide bonds. The van der Waals surface area contributed by atoms with Gasteiger partial charge in [0.15, 0.2) is 5.78 Å². The van der Waals surface area contributed by atoms with Crippen molar-refractivity contribution in [3.05, 3.63) is 28.2 Å². The molecule has 1 aromatic carbocycles. The lowest BCUT2D eigenvalue weighted by Gasteiger charge is -2.22. The van der Waals surface area contributed by atoms with E-state index < -0.39 is 0 Å². The normalized spacial score (nSPS) is 20.8. The van der Waals surface area contributed by atoms with Crippen LogP contribution in [0.15, 0.2) is 22.7 Å². The Morgan fingerprint density at radius 3 is 3.08 bits per heavy atom. The second kappa shape index (κ2) is 3.14. The third kappa shape index (κ3) is 1.61. The maximum absolute atomic E-state index is 11.5. The molecule has 1 unspecified atom stereocenters. The molecule has 1 aliphatic rings. The highest BCUT2D eigenvalue weighted by Crippen LogP contribution is 2.30. The minimum absolute atomic E-state index is 0.00528. The molecule has 0 spiro atoms. The summed E-state index contributed by atoms with van der Waals surface area (Å²) in [7, 11) is 0. The van der Waals surface area contributed by atoms with Crippen LogP contribution in [0.25, 0.3) is 0 Å². The lowest BCUT2D eigenvalue weighted by molar-refractivity contribution is 0.0871. The van der Waals surface area contributed by atoms with Gasteiger partial charge in [-0.25, -0.2) is 0 Å². The van der Waals surface area contributed by atoms with Gasteiger partial charge in [0.25, 0.3) is 0 Å². The number of carbonyl (C=O) groups is 1. The molecule has 3 heteroatoms. The van der Waals surface area contributed by atoms with E-state index in [9.17, 15) is 4.79 Å². The van der Waals surface area contributed by atoms with Gasteiger partial charge in [-0.3, -0.25) is 4.79 Å². The molecule has 0 bridgehead atoms. The first-order chi connectivity index (χ1) is 6.16. The van der Waals surface area contributed by atoms with Crippen molar-refractivity contribution in [2.75, 3.05) is 0 Å². The van der Waals surface area contributed by atoms with Crippen molar-refractivity contribution >= 4 is 21.7 Å². The fourth-order valence-corrected chi connectivity index (χ4v) is 1.79. The van der Waals surface area contributed by atoms with Crippen LogP contribution in [0.4, 0.5) is 0 Å². The average Bonchev–Trinajstić information content (AvgIpc) is 2.02. The van der Waals surface area contributed by atoms with E-state index in [0.717, 1.165) is 4.47 Å². The molecule has 13 heavy (non-hydrogen) atoms. The van der Waals surface area contributed by atoms with Gasteiger partial charge < -0.3 is 4.74 Å². The van der Waals surface area contributed by atoms with E-state index in [1.807, 2.05) is 19.1 Å². The number of ether oxygens (including phenoxy) is 1. The van der Waals surface area contributed by atoms with Gasteiger partial charge in [0.05, 0.1) is 5.56 Å². The molecule has 1 heterocycles. The van der Waals surface area contributed by atoms with Crippen LogP contribution in [0.5, 0.6) is 5.75 Å². The number of hydrogen-bond donors (Lipinski definition) is 0. The van der Waals surface area contributed by atoms with E-state index in [1.54, 1.807) is 6.07 Å². The van der Waals surface area contributed by atoms with Crippen LogP contribution in [0.1, 0.15) is 23.7 Å². The summed E-state index contributed by atoms with van der Waals surface area (Å²) >= 11 is 3.34. The van der Waals surface area contributed by atoms with Crippen LogP contribution in [0, 0.1) is 0 Å². The number of benzene rings is 1. The van der Waals surface area contributed by atoms with Crippen molar-refractivity contribution in [3.8, 4) is 5.75 Å². The predicted octanol–water partition coefficient (Wildman–Crippen LogP) is 2.80. The lowest BCUT2D eigenvalue weighted by atomic mass is 10.0. The number of hydrogen-bond acceptors (Lipinski definition) is 2. The summed E-state index contributed by atoms with van der Waals surface area (Å²) < 4.78 is 6.47. The number of carbonyl (C=O) groups excluding carboxylic acids is 1. The van der Waals surface area contributed by atoms with Gasteiger partial charge >= 0.3 is 0 Å². The standard InChI is InChI=1S/C10H9BrO2/c1-6-4-9(12)8-3-2-7(11)5-10(8)13-6/h2-3,5-6H,4H2,1H3. The second-order valence-corrected chi connectivity index (χ2v) is 4.11. The third-order valence-corrected chi connectivity index (χ3v) is 2.54. The topological polar surface area (TPSA) is 26.3 Å². The Hall–Kier alpha value is -0.830. The highest BCUT2D eigenvalue weighted by atomic mass is 79.9. The lowest BCUT2D eigenvalue weighted by Crippen LogP contribution is -2.23. The van der Waals surface area contributed by atoms with Crippen LogP contribution in [0.3, 0.4) is 0 Å². The molecule has 0 N–H and O–H groups in total. The van der Waals surface area contributed by atoms with Crippen molar-refractivity contribution in [3.63, 3.8) is 0 Å². The maximum atomic E-state index is 11.5. The Morgan fingerprint density at radius 2 is 2.31 bits per heavy atom. The van der Waals surface area contributed by atoms with Crippen LogP contribution in [-0.2, 0) is 0 Å². The molecular weight excluding hydrogens is 232 g/mol. The van der Waals surface area contributed by atoms with Crippen molar-refractivity contribution in [1.82, 2.24) is 0 Å². The van der Waals surface area contributed by atoms with Gasteiger partial charge in [0, 0.05) is 10.9 Å². The van der Waals surface area contributed by atoms with Crippen molar-refractivity contribution in [2.45, 2.75) is 19.4 Å². The first kappa shape index (κ1) is 8.75. The summed E-state index contributed by atoms with van der Waals surface area (Å²) in [5.74, 6) is 0.861. The van der Waals surface area contributed by atoms with Crippen molar-refractivity contribution < 1.29 is 9.53 Å². The quantitative estimate of drug-likeness (QED) is 0.698. The fourth-order valence-electron chi connectivity index (χ4n) is 1.45. The number of rotatable bonds is 0. The minimum atomic E-state index is -0.00528. The highest BCUT2D eigenvalue weighted by Gasteiger charge is 2.23. The zero-order chi connectivity index (χ0) is 9.42. The smallest absolute Gasteiger partial charge is 0.170 e.